The number of hydrogen-bond acceptors (Lipinski definition) is 5. The monoisotopic (exact) mass is 274 g/mol. The van der Waals surface area contributed by atoms with E-state index >= 15 is 0 Å². The summed E-state index contributed by atoms with van der Waals surface area (Å²) in [6.07, 6.45) is 10.5. The Morgan fingerprint density at radius 1 is 1.25 bits per heavy atom. The highest BCUT2D eigenvalue weighted by molar-refractivity contribution is 5.39. The zero-order valence-electron chi connectivity index (χ0n) is 11.8. The second kappa shape index (κ2) is 5.30. The highest BCUT2D eigenvalue weighted by Gasteiger charge is 2.36. The zero-order chi connectivity index (χ0) is 13.4. The third-order valence-electron chi connectivity index (χ3n) is 4.60. The number of hydrogen-bond donors (Lipinski definition) is 1. The SMILES string of the molecule is c1ncc(N2CCOC3CCCC32)nc1CNC1CC1. The Kier molecular flexibility index (Phi) is 3.32. The van der Waals surface area contributed by atoms with E-state index in [1.807, 2.05) is 12.4 Å². The third kappa shape index (κ3) is 2.52. The van der Waals surface area contributed by atoms with E-state index in [0.717, 1.165) is 31.2 Å². The molecule has 0 radical (unpaired) electrons. The van der Waals surface area contributed by atoms with Crippen molar-refractivity contribution in [3.05, 3.63) is 18.1 Å². The van der Waals surface area contributed by atoms with Gasteiger partial charge in [-0.1, -0.05) is 0 Å². The van der Waals surface area contributed by atoms with Crippen molar-refractivity contribution in [3.63, 3.8) is 0 Å². The molecule has 1 aromatic heterocycles. The number of nitrogens with zero attached hydrogens (tertiary/aromatic N) is 3. The van der Waals surface area contributed by atoms with Gasteiger partial charge in [0.2, 0.25) is 0 Å². The number of fused-ring (bicyclic) bond motifs is 1. The molecule has 1 saturated heterocycles. The molecule has 2 atom stereocenters. The summed E-state index contributed by atoms with van der Waals surface area (Å²) in [5.74, 6) is 1.03. The van der Waals surface area contributed by atoms with E-state index in [4.69, 9.17) is 9.72 Å². The lowest BCUT2D eigenvalue weighted by Gasteiger charge is -2.38. The number of aromatic nitrogens is 2. The molecule has 0 bridgehead atoms. The molecule has 1 aliphatic heterocycles. The molecule has 2 saturated carbocycles. The number of morpholine rings is 1. The molecule has 3 aliphatic rings. The van der Waals surface area contributed by atoms with Crippen LogP contribution in [-0.2, 0) is 11.3 Å². The van der Waals surface area contributed by atoms with Crippen molar-refractivity contribution >= 4 is 5.82 Å². The van der Waals surface area contributed by atoms with Crippen molar-refractivity contribution in [2.45, 2.75) is 56.8 Å². The first-order chi connectivity index (χ1) is 9.90. The predicted octanol–water partition coefficient (Wildman–Crippen LogP) is 1.49. The van der Waals surface area contributed by atoms with Gasteiger partial charge in [-0.25, -0.2) is 4.98 Å². The summed E-state index contributed by atoms with van der Waals surface area (Å²) in [6.45, 7) is 2.59. The van der Waals surface area contributed by atoms with E-state index in [1.54, 1.807) is 0 Å². The van der Waals surface area contributed by atoms with Gasteiger partial charge in [0, 0.05) is 25.3 Å². The van der Waals surface area contributed by atoms with Crippen LogP contribution in [-0.4, -0.2) is 41.3 Å². The first-order valence-electron chi connectivity index (χ1n) is 7.83. The van der Waals surface area contributed by atoms with Crippen LogP contribution in [0.3, 0.4) is 0 Å². The van der Waals surface area contributed by atoms with Gasteiger partial charge in [-0.15, -0.1) is 0 Å². The molecule has 1 N–H and O–H groups in total. The molecule has 0 amide bonds. The molecule has 0 aromatic carbocycles. The molecule has 20 heavy (non-hydrogen) atoms. The van der Waals surface area contributed by atoms with Crippen molar-refractivity contribution in [1.82, 2.24) is 15.3 Å². The summed E-state index contributed by atoms with van der Waals surface area (Å²) in [4.78, 5) is 11.6. The Hall–Kier alpha value is -1.20. The Morgan fingerprint density at radius 2 is 2.20 bits per heavy atom. The van der Waals surface area contributed by atoms with Crippen LogP contribution in [0.4, 0.5) is 5.82 Å². The van der Waals surface area contributed by atoms with E-state index in [2.05, 4.69) is 15.2 Å². The smallest absolute Gasteiger partial charge is 0.147 e. The minimum absolute atomic E-state index is 0.402. The molecule has 5 heteroatoms. The van der Waals surface area contributed by atoms with Crippen LogP contribution in [0.1, 0.15) is 37.8 Å². The molecule has 2 heterocycles. The van der Waals surface area contributed by atoms with Gasteiger partial charge in [0.05, 0.1) is 30.6 Å². The largest absolute Gasteiger partial charge is 0.374 e. The first kappa shape index (κ1) is 12.5. The van der Waals surface area contributed by atoms with E-state index in [9.17, 15) is 0 Å². The van der Waals surface area contributed by atoms with Crippen LogP contribution in [0, 0.1) is 0 Å². The molecule has 4 rings (SSSR count). The van der Waals surface area contributed by atoms with Gasteiger partial charge < -0.3 is 15.0 Å². The van der Waals surface area contributed by atoms with Crippen molar-refractivity contribution in [1.29, 1.82) is 0 Å². The molecule has 1 aromatic rings. The highest BCUT2D eigenvalue weighted by atomic mass is 16.5. The molecule has 3 fully saturated rings. The van der Waals surface area contributed by atoms with Gasteiger partial charge in [-0.2, -0.15) is 0 Å². The molecule has 108 valence electrons. The summed E-state index contributed by atoms with van der Waals surface area (Å²) < 4.78 is 5.87. The summed E-state index contributed by atoms with van der Waals surface area (Å²) >= 11 is 0. The lowest BCUT2D eigenvalue weighted by atomic mass is 10.1. The predicted molar refractivity (Wildman–Crippen MR) is 76.6 cm³/mol. The average molecular weight is 274 g/mol. The second-order valence-corrected chi connectivity index (χ2v) is 6.12. The number of anilines is 1. The average Bonchev–Trinajstić information content (AvgIpc) is 3.20. The van der Waals surface area contributed by atoms with E-state index in [-0.39, 0.29) is 0 Å². The summed E-state index contributed by atoms with van der Waals surface area (Å²) in [5, 5.41) is 3.50. The summed E-state index contributed by atoms with van der Waals surface area (Å²) in [7, 11) is 0. The Bertz CT molecular complexity index is 477. The molecular formula is C15H22N4O. The first-order valence-corrected chi connectivity index (χ1v) is 7.83. The van der Waals surface area contributed by atoms with E-state index in [0.29, 0.717) is 18.2 Å². The van der Waals surface area contributed by atoms with Gasteiger partial charge in [0.1, 0.15) is 5.82 Å². The lowest BCUT2D eigenvalue weighted by molar-refractivity contribution is 0.0253. The molecule has 5 nitrogen and oxygen atoms in total. The number of rotatable bonds is 4. The van der Waals surface area contributed by atoms with Crippen LogP contribution in [0.15, 0.2) is 12.4 Å². The lowest BCUT2D eigenvalue weighted by Crippen LogP contribution is -2.49. The fourth-order valence-electron chi connectivity index (χ4n) is 3.36. The van der Waals surface area contributed by atoms with Crippen LogP contribution >= 0.6 is 0 Å². The zero-order valence-corrected chi connectivity index (χ0v) is 11.8. The van der Waals surface area contributed by atoms with Gasteiger partial charge in [0.25, 0.3) is 0 Å². The molecule has 0 spiro atoms. The molecular weight excluding hydrogens is 252 g/mol. The summed E-state index contributed by atoms with van der Waals surface area (Å²) in [5.41, 5.74) is 1.05. The maximum absolute atomic E-state index is 5.87. The number of nitrogens with one attached hydrogen (secondary N) is 1. The maximum atomic E-state index is 5.87. The summed E-state index contributed by atoms with van der Waals surface area (Å²) in [6, 6.07) is 1.22. The quantitative estimate of drug-likeness (QED) is 0.901. The fraction of sp³-hybridized carbons (Fsp3) is 0.733. The van der Waals surface area contributed by atoms with Crippen LogP contribution in [0.2, 0.25) is 0 Å². The van der Waals surface area contributed by atoms with Gasteiger partial charge in [-0.3, -0.25) is 4.98 Å². The highest BCUT2D eigenvalue weighted by Crippen LogP contribution is 2.32. The Balaban J connectivity index is 1.49. The third-order valence-corrected chi connectivity index (χ3v) is 4.60. The number of ether oxygens (including phenoxy) is 1. The van der Waals surface area contributed by atoms with Gasteiger partial charge in [0.15, 0.2) is 0 Å². The van der Waals surface area contributed by atoms with Crippen molar-refractivity contribution in [3.8, 4) is 0 Å². The standard InChI is InChI=1S/C15H22N4O/c1-2-13-14(3-1)20-7-6-19(13)15-10-16-8-12(18-15)9-17-11-4-5-11/h8,10-11,13-14,17H,1-7,9H2. The maximum Gasteiger partial charge on any atom is 0.147 e. The Labute approximate surface area is 119 Å². The van der Waals surface area contributed by atoms with Crippen LogP contribution in [0.25, 0.3) is 0 Å². The fourth-order valence-corrected chi connectivity index (χ4v) is 3.36. The van der Waals surface area contributed by atoms with Crippen LogP contribution in [0.5, 0.6) is 0 Å². The second-order valence-electron chi connectivity index (χ2n) is 6.12. The normalized spacial score (nSPS) is 29.5. The van der Waals surface area contributed by atoms with Crippen molar-refractivity contribution < 1.29 is 4.74 Å². The minimum atomic E-state index is 0.402. The van der Waals surface area contributed by atoms with Crippen molar-refractivity contribution in [2.75, 3.05) is 18.1 Å². The molecule has 2 unspecified atom stereocenters. The molecule has 2 aliphatic carbocycles. The van der Waals surface area contributed by atoms with Gasteiger partial charge in [-0.05, 0) is 32.1 Å². The van der Waals surface area contributed by atoms with Crippen molar-refractivity contribution in [2.24, 2.45) is 0 Å². The minimum Gasteiger partial charge on any atom is -0.374 e. The van der Waals surface area contributed by atoms with Gasteiger partial charge >= 0.3 is 0 Å². The topological polar surface area (TPSA) is 50.3 Å². The van der Waals surface area contributed by atoms with E-state index in [1.165, 1.54) is 32.1 Å². The Morgan fingerprint density at radius 3 is 3.10 bits per heavy atom. The van der Waals surface area contributed by atoms with Crippen LogP contribution < -0.4 is 10.2 Å². The van der Waals surface area contributed by atoms with E-state index < -0.39 is 0 Å².